The van der Waals surface area contributed by atoms with Crippen LogP contribution in [0.1, 0.15) is 10.4 Å². The van der Waals surface area contributed by atoms with Crippen molar-refractivity contribution < 1.29 is 14.1 Å². The Bertz CT molecular complexity index is 958. The summed E-state index contributed by atoms with van der Waals surface area (Å²) in [5.74, 6) is -1.29. The van der Waals surface area contributed by atoms with Crippen LogP contribution in [-0.4, -0.2) is 15.8 Å². The molecule has 3 rings (SSSR count). The molecule has 6 nitrogen and oxygen atoms in total. The quantitative estimate of drug-likeness (QED) is 0.569. The van der Waals surface area contributed by atoms with Crippen LogP contribution < -0.4 is 5.32 Å². The summed E-state index contributed by atoms with van der Waals surface area (Å²) in [7, 11) is 0. The molecule has 3 aromatic rings. The van der Waals surface area contributed by atoms with Gasteiger partial charge in [-0.3, -0.25) is 14.9 Å². The van der Waals surface area contributed by atoms with E-state index in [2.05, 4.69) is 10.3 Å². The molecule has 2 aromatic carbocycles. The predicted molar refractivity (Wildman–Crippen MR) is 87.8 cm³/mol. The molecule has 0 aliphatic heterocycles. The van der Waals surface area contributed by atoms with Crippen LogP contribution in [0, 0.1) is 15.9 Å². The van der Waals surface area contributed by atoms with Crippen LogP contribution in [0.3, 0.4) is 0 Å². The first-order valence-electron chi connectivity index (χ1n) is 6.76. The molecule has 1 heterocycles. The van der Waals surface area contributed by atoms with Crippen molar-refractivity contribution in [2.45, 2.75) is 0 Å². The number of carbonyl (C=O) groups is 1. The number of hydrogen-bond donors (Lipinski definition) is 1. The monoisotopic (exact) mass is 345 g/mol. The van der Waals surface area contributed by atoms with E-state index in [0.29, 0.717) is 10.9 Å². The molecule has 0 unspecified atom stereocenters. The minimum atomic E-state index is -0.739. The largest absolute Gasteiger partial charge is 0.306 e. The normalized spacial score (nSPS) is 10.6. The number of non-ortho nitro benzene ring substituents is 1. The number of nitro benzene ring substituents is 1. The lowest BCUT2D eigenvalue weighted by molar-refractivity contribution is -0.384. The number of rotatable bonds is 3. The number of nitrogens with one attached hydrogen (secondary N) is 1. The molecule has 0 saturated heterocycles. The Morgan fingerprint density at radius 2 is 2.00 bits per heavy atom. The average molecular weight is 346 g/mol. The molecular formula is C16H9ClFN3O3. The van der Waals surface area contributed by atoms with Gasteiger partial charge in [-0.1, -0.05) is 17.7 Å². The third kappa shape index (κ3) is 3.02. The maximum absolute atomic E-state index is 13.7. The van der Waals surface area contributed by atoms with Gasteiger partial charge < -0.3 is 5.32 Å². The Balaban J connectivity index is 1.91. The summed E-state index contributed by atoms with van der Waals surface area (Å²) >= 11 is 5.85. The number of carbonyl (C=O) groups excluding carboxylic acids is 1. The van der Waals surface area contributed by atoms with Crippen molar-refractivity contribution in [1.29, 1.82) is 0 Å². The number of amides is 1. The Morgan fingerprint density at radius 3 is 2.71 bits per heavy atom. The van der Waals surface area contributed by atoms with Crippen LogP contribution in [0.2, 0.25) is 5.02 Å². The number of hydrogen-bond acceptors (Lipinski definition) is 4. The fourth-order valence-corrected chi connectivity index (χ4v) is 2.44. The van der Waals surface area contributed by atoms with Gasteiger partial charge in [0.2, 0.25) is 0 Å². The van der Waals surface area contributed by atoms with Gasteiger partial charge in [-0.05, 0) is 30.3 Å². The zero-order valence-electron chi connectivity index (χ0n) is 12.0. The second-order valence-corrected chi connectivity index (χ2v) is 5.29. The van der Waals surface area contributed by atoms with Crippen molar-refractivity contribution in [3.63, 3.8) is 0 Å². The van der Waals surface area contributed by atoms with Gasteiger partial charge in [-0.2, -0.15) is 0 Å². The Morgan fingerprint density at radius 1 is 1.21 bits per heavy atom. The van der Waals surface area contributed by atoms with Gasteiger partial charge in [0, 0.05) is 17.5 Å². The fraction of sp³-hybridized carbons (Fsp3) is 0. The summed E-state index contributed by atoms with van der Waals surface area (Å²) in [5, 5.41) is 13.8. The van der Waals surface area contributed by atoms with Gasteiger partial charge in [-0.15, -0.1) is 0 Å². The van der Waals surface area contributed by atoms with E-state index in [1.54, 1.807) is 6.07 Å². The van der Waals surface area contributed by atoms with E-state index < -0.39 is 16.6 Å². The zero-order chi connectivity index (χ0) is 17.3. The standard InChI is InChI=1S/C16H9ClFN3O3/c17-11-2-1-3-12(18)15(11)16(22)20-14-7-4-9-8-10(21(23)24)5-6-13(9)19-14/h1-8H,(H,19,20,22). The number of halogens is 2. The van der Waals surface area contributed by atoms with Crippen molar-refractivity contribution in [3.05, 3.63) is 75.0 Å². The van der Waals surface area contributed by atoms with Gasteiger partial charge in [0.25, 0.3) is 11.6 Å². The number of pyridine rings is 1. The maximum atomic E-state index is 13.7. The summed E-state index contributed by atoms with van der Waals surface area (Å²) in [6.45, 7) is 0. The van der Waals surface area contributed by atoms with Crippen LogP contribution in [0.15, 0.2) is 48.5 Å². The van der Waals surface area contributed by atoms with Crippen LogP contribution >= 0.6 is 11.6 Å². The fourth-order valence-electron chi connectivity index (χ4n) is 2.19. The molecule has 0 bridgehead atoms. The number of benzene rings is 2. The van der Waals surface area contributed by atoms with E-state index in [1.165, 1.54) is 36.4 Å². The first-order valence-corrected chi connectivity index (χ1v) is 7.14. The molecule has 0 radical (unpaired) electrons. The molecule has 1 N–H and O–H groups in total. The average Bonchev–Trinajstić information content (AvgIpc) is 2.54. The van der Waals surface area contributed by atoms with Crippen molar-refractivity contribution in [1.82, 2.24) is 4.98 Å². The van der Waals surface area contributed by atoms with Gasteiger partial charge in [0.05, 0.1) is 21.0 Å². The second-order valence-electron chi connectivity index (χ2n) is 4.88. The van der Waals surface area contributed by atoms with E-state index in [4.69, 9.17) is 11.6 Å². The highest BCUT2D eigenvalue weighted by molar-refractivity contribution is 6.34. The van der Waals surface area contributed by atoms with Gasteiger partial charge >= 0.3 is 0 Å². The first-order chi connectivity index (χ1) is 11.5. The molecule has 0 atom stereocenters. The third-order valence-electron chi connectivity index (χ3n) is 3.32. The molecule has 0 aliphatic carbocycles. The molecule has 0 fully saturated rings. The van der Waals surface area contributed by atoms with Crippen LogP contribution in [0.25, 0.3) is 10.9 Å². The molecule has 1 aromatic heterocycles. The number of anilines is 1. The molecule has 0 spiro atoms. The summed E-state index contributed by atoms with van der Waals surface area (Å²) in [4.78, 5) is 26.6. The summed E-state index contributed by atoms with van der Waals surface area (Å²) in [6.07, 6.45) is 0. The molecule has 0 aliphatic rings. The second kappa shape index (κ2) is 6.21. The maximum Gasteiger partial charge on any atom is 0.270 e. The minimum absolute atomic E-state index is 0.0103. The van der Waals surface area contributed by atoms with Crippen LogP contribution in [-0.2, 0) is 0 Å². The molecule has 120 valence electrons. The van der Waals surface area contributed by atoms with E-state index in [-0.39, 0.29) is 22.1 Å². The smallest absolute Gasteiger partial charge is 0.270 e. The Labute approximate surface area is 140 Å². The number of fused-ring (bicyclic) bond motifs is 1. The van der Waals surface area contributed by atoms with E-state index in [1.807, 2.05) is 0 Å². The van der Waals surface area contributed by atoms with E-state index in [9.17, 15) is 19.3 Å². The lowest BCUT2D eigenvalue weighted by Crippen LogP contribution is -2.15. The Kier molecular flexibility index (Phi) is 4.09. The minimum Gasteiger partial charge on any atom is -0.306 e. The van der Waals surface area contributed by atoms with Gasteiger partial charge in [0.1, 0.15) is 11.6 Å². The highest BCUT2D eigenvalue weighted by Gasteiger charge is 2.16. The zero-order valence-corrected chi connectivity index (χ0v) is 12.7. The first kappa shape index (κ1) is 15.8. The van der Waals surface area contributed by atoms with Gasteiger partial charge in [0.15, 0.2) is 0 Å². The van der Waals surface area contributed by atoms with Crippen LogP contribution in [0.5, 0.6) is 0 Å². The molecule has 1 amide bonds. The van der Waals surface area contributed by atoms with Crippen molar-refractivity contribution in [2.24, 2.45) is 0 Å². The third-order valence-corrected chi connectivity index (χ3v) is 3.63. The molecule has 8 heteroatoms. The van der Waals surface area contributed by atoms with Crippen molar-refractivity contribution in [2.75, 3.05) is 5.32 Å². The lowest BCUT2D eigenvalue weighted by atomic mass is 10.2. The van der Waals surface area contributed by atoms with Crippen molar-refractivity contribution >= 4 is 39.9 Å². The van der Waals surface area contributed by atoms with E-state index >= 15 is 0 Å². The molecular weight excluding hydrogens is 337 g/mol. The van der Waals surface area contributed by atoms with Crippen LogP contribution in [0.4, 0.5) is 15.9 Å². The molecule has 0 saturated carbocycles. The lowest BCUT2D eigenvalue weighted by Gasteiger charge is -2.08. The Hall–Kier alpha value is -3.06. The molecule has 24 heavy (non-hydrogen) atoms. The highest BCUT2D eigenvalue weighted by Crippen LogP contribution is 2.23. The number of nitro groups is 1. The van der Waals surface area contributed by atoms with Gasteiger partial charge in [-0.25, -0.2) is 9.37 Å². The summed E-state index contributed by atoms with van der Waals surface area (Å²) in [5.41, 5.74) is 0.127. The predicted octanol–water partition coefficient (Wildman–Crippen LogP) is 4.19. The van der Waals surface area contributed by atoms with Crippen molar-refractivity contribution in [3.8, 4) is 0 Å². The number of nitrogens with zero attached hydrogens (tertiary/aromatic N) is 2. The summed E-state index contributed by atoms with van der Waals surface area (Å²) < 4.78 is 13.7. The SMILES string of the molecule is O=C(Nc1ccc2cc([N+](=O)[O-])ccc2n1)c1c(F)cccc1Cl. The topological polar surface area (TPSA) is 85.1 Å². The van der Waals surface area contributed by atoms with E-state index in [0.717, 1.165) is 6.07 Å². The highest BCUT2D eigenvalue weighted by atomic mass is 35.5. The number of aromatic nitrogens is 1. The summed E-state index contributed by atoms with van der Waals surface area (Å²) in [6, 6.07) is 11.2.